The Bertz CT molecular complexity index is 624. The molecule has 100 valence electrons. The molecule has 0 aliphatic rings. The Morgan fingerprint density at radius 3 is 2.84 bits per heavy atom. The van der Waals surface area contributed by atoms with E-state index in [1.54, 1.807) is 10.9 Å². The fourth-order valence-electron chi connectivity index (χ4n) is 1.66. The summed E-state index contributed by atoms with van der Waals surface area (Å²) in [5, 5.41) is 6.92. The summed E-state index contributed by atoms with van der Waals surface area (Å²) in [5.41, 5.74) is 2.45. The summed E-state index contributed by atoms with van der Waals surface area (Å²) in [7, 11) is 1.85. The molecule has 1 amide bonds. The molecule has 2 aromatic rings. The molecule has 6 heteroatoms. The molecule has 0 atom stereocenters. The smallest absolute Gasteiger partial charge is 0.252 e. The number of aryl methyl sites for hydroxylation is 1. The average molecular weight is 373 g/mol. The monoisotopic (exact) mass is 373 g/mol. The Balaban J connectivity index is 2.07. The molecule has 1 aromatic heterocycles. The van der Waals surface area contributed by atoms with Crippen molar-refractivity contribution in [2.75, 3.05) is 0 Å². The minimum Gasteiger partial charge on any atom is -0.348 e. The zero-order valence-corrected chi connectivity index (χ0v) is 12.7. The summed E-state index contributed by atoms with van der Waals surface area (Å²) in [6, 6.07) is 4.11. The lowest BCUT2D eigenvalue weighted by Gasteiger charge is -2.07. The van der Waals surface area contributed by atoms with Crippen LogP contribution in [0.3, 0.4) is 0 Å². The van der Waals surface area contributed by atoms with Crippen molar-refractivity contribution >= 4 is 28.5 Å². The van der Waals surface area contributed by atoms with Gasteiger partial charge in [-0.1, -0.05) is 0 Å². The second kappa shape index (κ2) is 5.68. The molecule has 0 aliphatic heterocycles. The molecule has 0 bridgehead atoms. The molecule has 0 fully saturated rings. The Morgan fingerprint density at radius 1 is 1.53 bits per heavy atom. The van der Waals surface area contributed by atoms with E-state index < -0.39 is 0 Å². The van der Waals surface area contributed by atoms with Crippen LogP contribution in [-0.4, -0.2) is 15.7 Å². The van der Waals surface area contributed by atoms with Gasteiger partial charge in [0, 0.05) is 28.4 Å². The van der Waals surface area contributed by atoms with Gasteiger partial charge in [-0.2, -0.15) is 5.10 Å². The van der Waals surface area contributed by atoms with Crippen LogP contribution in [0.15, 0.2) is 24.4 Å². The molecular formula is C13H13FIN3O. The van der Waals surface area contributed by atoms with E-state index in [0.29, 0.717) is 15.7 Å². The molecule has 4 nitrogen and oxygen atoms in total. The topological polar surface area (TPSA) is 46.9 Å². The van der Waals surface area contributed by atoms with Crippen LogP contribution in [0.4, 0.5) is 4.39 Å². The number of nitrogens with one attached hydrogen (secondary N) is 1. The lowest BCUT2D eigenvalue weighted by Crippen LogP contribution is -2.24. The third-order valence-electron chi connectivity index (χ3n) is 2.95. The molecule has 0 saturated carbocycles. The minimum absolute atomic E-state index is 0.215. The predicted molar refractivity (Wildman–Crippen MR) is 78.2 cm³/mol. The number of carbonyl (C=O) groups is 1. The third kappa shape index (κ3) is 3.12. The van der Waals surface area contributed by atoms with Crippen LogP contribution in [0.5, 0.6) is 0 Å². The van der Waals surface area contributed by atoms with E-state index in [1.165, 1.54) is 18.2 Å². The lowest BCUT2D eigenvalue weighted by molar-refractivity contribution is 0.0950. The van der Waals surface area contributed by atoms with Crippen LogP contribution in [0.2, 0.25) is 0 Å². The van der Waals surface area contributed by atoms with Gasteiger partial charge in [0.05, 0.1) is 11.8 Å². The summed E-state index contributed by atoms with van der Waals surface area (Å²) in [5.74, 6) is -0.559. The minimum atomic E-state index is -0.343. The number of halogens is 2. The zero-order valence-electron chi connectivity index (χ0n) is 10.6. The van der Waals surface area contributed by atoms with Crippen molar-refractivity contribution in [1.29, 1.82) is 0 Å². The molecule has 2 rings (SSSR count). The summed E-state index contributed by atoms with van der Waals surface area (Å²) >= 11 is 1.95. The largest absolute Gasteiger partial charge is 0.348 e. The molecular weight excluding hydrogens is 360 g/mol. The molecule has 0 saturated heterocycles. The number of amides is 1. The first kappa shape index (κ1) is 14.0. The van der Waals surface area contributed by atoms with Crippen molar-refractivity contribution in [2.24, 2.45) is 7.05 Å². The van der Waals surface area contributed by atoms with Gasteiger partial charge in [-0.05, 0) is 47.7 Å². The summed E-state index contributed by atoms with van der Waals surface area (Å²) in [6.45, 7) is 2.35. The SMILES string of the molecule is Cc1c(CNC(=O)c2ccc(F)cc2I)cnn1C. The molecule has 1 heterocycles. The summed E-state index contributed by atoms with van der Waals surface area (Å²) in [4.78, 5) is 12.0. The summed E-state index contributed by atoms with van der Waals surface area (Å²) in [6.07, 6.45) is 1.73. The third-order valence-corrected chi connectivity index (χ3v) is 3.84. The van der Waals surface area contributed by atoms with Crippen molar-refractivity contribution in [1.82, 2.24) is 15.1 Å². The van der Waals surface area contributed by atoms with Gasteiger partial charge in [0.15, 0.2) is 0 Å². The van der Waals surface area contributed by atoms with Gasteiger partial charge < -0.3 is 5.32 Å². The van der Waals surface area contributed by atoms with Crippen molar-refractivity contribution in [3.05, 3.63) is 50.6 Å². The lowest BCUT2D eigenvalue weighted by atomic mass is 10.2. The molecule has 19 heavy (non-hydrogen) atoms. The number of benzene rings is 1. The Morgan fingerprint density at radius 2 is 2.26 bits per heavy atom. The number of carbonyl (C=O) groups excluding carboxylic acids is 1. The predicted octanol–water partition coefficient (Wildman–Crippen LogP) is 2.40. The van der Waals surface area contributed by atoms with Crippen LogP contribution in [0.1, 0.15) is 21.6 Å². The second-order valence-corrected chi connectivity index (χ2v) is 5.35. The average Bonchev–Trinajstić information content (AvgIpc) is 2.67. The summed E-state index contributed by atoms with van der Waals surface area (Å²) < 4.78 is 15.3. The molecule has 1 aromatic carbocycles. The van der Waals surface area contributed by atoms with E-state index in [1.807, 2.05) is 36.6 Å². The van der Waals surface area contributed by atoms with Crippen LogP contribution in [0.25, 0.3) is 0 Å². The van der Waals surface area contributed by atoms with E-state index >= 15 is 0 Å². The Hall–Kier alpha value is -1.44. The number of hydrogen-bond donors (Lipinski definition) is 1. The van der Waals surface area contributed by atoms with E-state index in [9.17, 15) is 9.18 Å². The highest BCUT2D eigenvalue weighted by atomic mass is 127. The number of hydrogen-bond acceptors (Lipinski definition) is 2. The fourth-order valence-corrected chi connectivity index (χ4v) is 2.38. The van der Waals surface area contributed by atoms with Gasteiger partial charge in [0.2, 0.25) is 0 Å². The van der Waals surface area contributed by atoms with Crippen LogP contribution >= 0.6 is 22.6 Å². The van der Waals surface area contributed by atoms with E-state index in [2.05, 4.69) is 10.4 Å². The maximum Gasteiger partial charge on any atom is 0.252 e. The standard InChI is InChI=1S/C13H13FIN3O/c1-8-9(7-17-18(8)2)6-16-13(19)11-4-3-10(14)5-12(11)15/h3-5,7H,6H2,1-2H3,(H,16,19). The molecule has 0 aliphatic carbocycles. The van der Waals surface area contributed by atoms with E-state index in [4.69, 9.17) is 0 Å². The fraction of sp³-hybridized carbons (Fsp3) is 0.231. The first-order chi connectivity index (χ1) is 8.99. The highest BCUT2D eigenvalue weighted by Gasteiger charge is 2.11. The van der Waals surface area contributed by atoms with Crippen LogP contribution in [-0.2, 0) is 13.6 Å². The van der Waals surface area contributed by atoms with E-state index in [0.717, 1.165) is 11.3 Å². The van der Waals surface area contributed by atoms with Gasteiger partial charge in [0.25, 0.3) is 5.91 Å². The zero-order chi connectivity index (χ0) is 14.0. The van der Waals surface area contributed by atoms with E-state index in [-0.39, 0.29) is 11.7 Å². The number of rotatable bonds is 3. The van der Waals surface area contributed by atoms with Gasteiger partial charge >= 0.3 is 0 Å². The quantitative estimate of drug-likeness (QED) is 0.841. The Labute approximate surface area is 124 Å². The van der Waals surface area contributed by atoms with Gasteiger partial charge in [-0.25, -0.2) is 4.39 Å². The first-order valence-corrected chi connectivity index (χ1v) is 6.77. The highest BCUT2D eigenvalue weighted by Crippen LogP contribution is 2.14. The maximum absolute atomic E-state index is 13.0. The van der Waals surface area contributed by atoms with Gasteiger partial charge in [-0.15, -0.1) is 0 Å². The molecule has 0 radical (unpaired) electrons. The molecule has 1 N–H and O–H groups in total. The normalized spacial score (nSPS) is 10.5. The molecule has 0 spiro atoms. The van der Waals surface area contributed by atoms with Crippen molar-refractivity contribution in [3.63, 3.8) is 0 Å². The first-order valence-electron chi connectivity index (χ1n) is 5.69. The van der Waals surface area contributed by atoms with Gasteiger partial charge in [-0.3, -0.25) is 9.48 Å². The van der Waals surface area contributed by atoms with Gasteiger partial charge in [0.1, 0.15) is 5.82 Å². The highest BCUT2D eigenvalue weighted by molar-refractivity contribution is 14.1. The maximum atomic E-state index is 13.0. The second-order valence-electron chi connectivity index (χ2n) is 4.19. The van der Waals surface area contributed by atoms with Crippen molar-refractivity contribution in [2.45, 2.75) is 13.5 Å². The van der Waals surface area contributed by atoms with Crippen LogP contribution < -0.4 is 5.32 Å². The van der Waals surface area contributed by atoms with Crippen molar-refractivity contribution < 1.29 is 9.18 Å². The molecule has 0 unspecified atom stereocenters. The van der Waals surface area contributed by atoms with Crippen LogP contribution in [0, 0.1) is 16.3 Å². The number of nitrogens with zero attached hydrogens (tertiary/aromatic N) is 2. The Kier molecular flexibility index (Phi) is 4.18. The number of aromatic nitrogens is 2. The van der Waals surface area contributed by atoms with Crippen molar-refractivity contribution in [3.8, 4) is 0 Å².